The van der Waals surface area contributed by atoms with Crippen LogP contribution in [-0.2, 0) is 20.8 Å². The molecule has 4 fully saturated rings. The maximum Gasteiger partial charge on any atom is 0.219 e. The molecule has 2 saturated heterocycles. The Kier molecular flexibility index (Phi) is 5.75. The zero-order valence-corrected chi connectivity index (χ0v) is 19.7. The van der Waals surface area contributed by atoms with Crippen LogP contribution in [0.15, 0.2) is 18.2 Å². The summed E-state index contributed by atoms with van der Waals surface area (Å²) in [5.74, 6) is 1.51. The molecule has 176 valence electrons. The van der Waals surface area contributed by atoms with Gasteiger partial charge in [0.15, 0.2) is 0 Å². The molecular formula is C26H38N2O4. The van der Waals surface area contributed by atoms with Crippen LogP contribution in [0, 0.1) is 22.7 Å². The van der Waals surface area contributed by atoms with Crippen molar-refractivity contribution in [3.8, 4) is 5.75 Å². The van der Waals surface area contributed by atoms with Gasteiger partial charge in [0.05, 0.1) is 19.3 Å². The number of amides is 1. The van der Waals surface area contributed by atoms with E-state index in [0.717, 1.165) is 57.9 Å². The molecule has 5 rings (SSSR count). The van der Waals surface area contributed by atoms with Gasteiger partial charge in [0.1, 0.15) is 5.75 Å². The number of hydrogen-bond acceptors (Lipinski definition) is 5. The van der Waals surface area contributed by atoms with E-state index >= 15 is 0 Å². The van der Waals surface area contributed by atoms with Crippen LogP contribution in [-0.4, -0.2) is 54.9 Å². The summed E-state index contributed by atoms with van der Waals surface area (Å²) in [6.45, 7) is 11.4. The fraction of sp³-hybridized carbons (Fsp3) is 0.731. The number of rotatable bonds is 5. The van der Waals surface area contributed by atoms with Crippen LogP contribution >= 0.6 is 0 Å². The lowest BCUT2D eigenvalue weighted by Gasteiger charge is -2.53. The second-order valence-electron chi connectivity index (χ2n) is 11.0. The van der Waals surface area contributed by atoms with Gasteiger partial charge in [-0.15, -0.1) is 0 Å². The average Bonchev–Trinajstić information content (AvgIpc) is 3.28. The molecule has 2 heterocycles. The Labute approximate surface area is 191 Å². The Morgan fingerprint density at radius 3 is 2.78 bits per heavy atom. The lowest BCUT2D eigenvalue weighted by atomic mass is 9.58. The van der Waals surface area contributed by atoms with Crippen molar-refractivity contribution in [2.75, 3.05) is 32.9 Å². The number of nitrogens with one attached hydrogen (secondary N) is 1. The number of hydrogen-bond donors (Lipinski definition) is 2. The number of benzene rings is 1. The summed E-state index contributed by atoms with van der Waals surface area (Å²) < 4.78 is 11.9. The first kappa shape index (κ1) is 22.2. The number of aromatic hydroxyl groups is 1. The van der Waals surface area contributed by atoms with E-state index in [1.54, 1.807) is 0 Å². The number of phenols is 1. The quantitative estimate of drug-likeness (QED) is 0.729. The predicted molar refractivity (Wildman–Crippen MR) is 122 cm³/mol. The SMILES string of the molecule is CCC(=O)N[C@@H]1C(C)(C)[C@@H]2C[C@@H]3[C@@H](c4ccc(O)c(CN5CCOCC5)c4)OCC[C@@]31C2. The molecule has 2 bridgehead atoms. The minimum atomic E-state index is 0.0231. The number of fused-ring (bicyclic) bond motifs is 1. The standard InChI is InChI=1S/C26H38N2O4/c1-4-22(30)27-24-25(2,3)19-14-20-23(32-10-7-26(20,24)15-19)17-5-6-21(29)18(13-17)16-28-8-11-31-12-9-28/h5-6,13,19-20,23-24,29H,4,7-12,14-16H2,1-3H3,(H,27,30)/t19-,20-,23-,24-,26-/m1/s1. The highest BCUT2D eigenvalue weighted by molar-refractivity contribution is 5.76. The number of phenolic OH excluding ortho intramolecular Hbond substituents is 1. The highest BCUT2D eigenvalue weighted by Gasteiger charge is 2.68. The summed E-state index contributed by atoms with van der Waals surface area (Å²) in [6.07, 6.45) is 3.89. The fourth-order valence-electron chi connectivity index (χ4n) is 7.29. The Morgan fingerprint density at radius 2 is 2.03 bits per heavy atom. The maximum absolute atomic E-state index is 12.4. The summed E-state index contributed by atoms with van der Waals surface area (Å²) in [5, 5.41) is 14.0. The molecule has 1 aromatic rings. The van der Waals surface area contributed by atoms with Gasteiger partial charge in [0.25, 0.3) is 0 Å². The predicted octanol–water partition coefficient (Wildman–Crippen LogP) is 3.63. The number of ether oxygens (including phenoxy) is 2. The lowest BCUT2D eigenvalue weighted by Crippen LogP contribution is -2.58. The minimum absolute atomic E-state index is 0.0231. The molecule has 1 spiro atoms. The van der Waals surface area contributed by atoms with Crippen molar-refractivity contribution >= 4 is 5.91 Å². The third-order valence-corrected chi connectivity index (χ3v) is 9.06. The van der Waals surface area contributed by atoms with Gasteiger partial charge < -0.3 is 19.9 Å². The van der Waals surface area contributed by atoms with E-state index in [2.05, 4.69) is 30.1 Å². The highest BCUT2D eigenvalue weighted by Crippen LogP contribution is 2.70. The fourth-order valence-corrected chi connectivity index (χ4v) is 7.29. The zero-order chi connectivity index (χ0) is 22.5. The molecule has 4 aliphatic rings. The zero-order valence-electron chi connectivity index (χ0n) is 19.7. The third-order valence-electron chi connectivity index (χ3n) is 9.06. The molecule has 2 aliphatic heterocycles. The topological polar surface area (TPSA) is 71.0 Å². The van der Waals surface area contributed by atoms with Crippen LogP contribution in [0.25, 0.3) is 0 Å². The van der Waals surface area contributed by atoms with E-state index in [1.807, 2.05) is 19.1 Å². The Morgan fingerprint density at radius 1 is 1.25 bits per heavy atom. The summed E-state index contributed by atoms with van der Waals surface area (Å²) in [4.78, 5) is 14.8. The van der Waals surface area contributed by atoms with Crippen LogP contribution in [0.5, 0.6) is 5.75 Å². The first-order chi connectivity index (χ1) is 15.3. The first-order valence-electron chi connectivity index (χ1n) is 12.4. The van der Waals surface area contributed by atoms with Crippen molar-refractivity contribution in [1.82, 2.24) is 10.2 Å². The third kappa shape index (κ3) is 3.55. The van der Waals surface area contributed by atoms with Crippen LogP contribution in [0.2, 0.25) is 0 Å². The Bertz CT molecular complexity index is 865. The van der Waals surface area contributed by atoms with Crippen LogP contribution in [0.1, 0.15) is 63.7 Å². The monoisotopic (exact) mass is 442 g/mol. The van der Waals surface area contributed by atoms with Gasteiger partial charge >= 0.3 is 0 Å². The van der Waals surface area contributed by atoms with E-state index in [0.29, 0.717) is 24.0 Å². The van der Waals surface area contributed by atoms with E-state index < -0.39 is 0 Å². The largest absolute Gasteiger partial charge is 0.508 e. The average molecular weight is 443 g/mol. The smallest absolute Gasteiger partial charge is 0.219 e. The molecule has 0 radical (unpaired) electrons. The molecule has 2 saturated carbocycles. The molecule has 2 aliphatic carbocycles. The van der Waals surface area contributed by atoms with Crippen LogP contribution < -0.4 is 5.32 Å². The van der Waals surface area contributed by atoms with E-state index in [9.17, 15) is 9.90 Å². The number of carbonyl (C=O) groups excluding carboxylic acids is 1. The number of nitrogens with zero attached hydrogens (tertiary/aromatic N) is 1. The molecule has 5 atom stereocenters. The van der Waals surface area contributed by atoms with Gasteiger partial charge in [0.2, 0.25) is 5.91 Å². The lowest BCUT2D eigenvalue weighted by molar-refractivity contribution is -0.137. The summed E-state index contributed by atoms with van der Waals surface area (Å²) >= 11 is 0. The van der Waals surface area contributed by atoms with Crippen molar-refractivity contribution in [2.45, 2.75) is 65.1 Å². The molecule has 0 unspecified atom stereocenters. The Hall–Kier alpha value is -1.63. The minimum Gasteiger partial charge on any atom is -0.508 e. The number of morpholine rings is 1. The Balaban J connectivity index is 1.42. The van der Waals surface area contributed by atoms with E-state index in [4.69, 9.17) is 9.47 Å². The van der Waals surface area contributed by atoms with Gasteiger partial charge in [-0.1, -0.05) is 26.8 Å². The van der Waals surface area contributed by atoms with Crippen molar-refractivity contribution in [3.63, 3.8) is 0 Å². The molecule has 0 aromatic heterocycles. The van der Waals surface area contributed by atoms with E-state index in [-0.39, 0.29) is 28.9 Å². The van der Waals surface area contributed by atoms with Crippen molar-refractivity contribution < 1.29 is 19.4 Å². The van der Waals surface area contributed by atoms with Crippen molar-refractivity contribution in [2.24, 2.45) is 22.7 Å². The highest BCUT2D eigenvalue weighted by atomic mass is 16.5. The van der Waals surface area contributed by atoms with E-state index in [1.165, 1.54) is 12.0 Å². The molecular weight excluding hydrogens is 404 g/mol. The van der Waals surface area contributed by atoms with Gasteiger partial charge in [-0.05, 0) is 59.6 Å². The summed E-state index contributed by atoms with van der Waals surface area (Å²) in [5.41, 5.74) is 2.34. The van der Waals surface area contributed by atoms with Gasteiger partial charge in [0, 0.05) is 44.3 Å². The van der Waals surface area contributed by atoms with Crippen molar-refractivity contribution in [1.29, 1.82) is 0 Å². The van der Waals surface area contributed by atoms with Crippen LogP contribution in [0.4, 0.5) is 0 Å². The van der Waals surface area contributed by atoms with Crippen LogP contribution in [0.3, 0.4) is 0 Å². The second-order valence-corrected chi connectivity index (χ2v) is 11.0. The molecule has 1 amide bonds. The maximum atomic E-state index is 12.4. The molecule has 6 heteroatoms. The summed E-state index contributed by atoms with van der Waals surface area (Å²) in [6, 6.07) is 6.23. The molecule has 6 nitrogen and oxygen atoms in total. The van der Waals surface area contributed by atoms with Gasteiger partial charge in [-0.25, -0.2) is 0 Å². The second kappa shape index (κ2) is 8.30. The van der Waals surface area contributed by atoms with Gasteiger partial charge in [-0.2, -0.15) is 0 Å². The van der Waals surface area contributed by atoms with Gasteiger partial charge in [-0.3, -0.25) is 9.69 Å². The normalized spacial score (nSPS) is 36.1. The summed E-state index contributed by atoms with van der Waals surface area (Å²) in [7, 11) is 0. The molecule has 1 aromatic carbocycles. The first-order valence-corrected chi connectivity index (χ1v) is 12.4. The molecule has 2 N–H and O–H groups in total. The van der Waals surface area contributed by atoms with Crippen molar-refractivity contribution in [3.05, 3.63) is 29.3 Å². The molecule has 32 heavy (non-hydrogen) atoms. The number of carbonyl (C=O) groups is 1.